The van der Waals surface area contributed by atoms with Crippen molar-refractivity contribution < 1.29 is 0 Å². The predicted octanol–water partition coefficient (Wildman–Crippen LogP) is 2.29. The Morgan fingerprint density at radius 1 is 1.56 bits per heavy atom. The van der Waals surface area contributed by atoms with Gasteiger partial charge in [-0.15, -0.1) is 11.8 Å². The van der Waals surface area contributed by atoms with Gasteiger partial charge in [-0.2, -0.15) is 5.10 Å². The number of nitrogens with zero attached hydrogens (tertiary/aromatic N) is 2. The first-order valence-electron chi connectivity index (χ1n) is 6.08. The summed E-state index contributed by atoms with van der Waals surface area (Å²) in [5, 5.41) is 7.62. The van der Waals surface area contributed by atoms with E-state index >= 15 is 0 Å². The molecule has 4 heteroatoms. The number of nitrogens with one attached hydrogen (secondary N) is 1. The van der Waals surface area contributed by atoms with Gasteiger partial charge < -0.3 is 5.32 Å². The van der Waals surface area contributed by atoms with E-state index in [0.717, 1.165) is 12.0 Å². The first-order valence-corrected chi connectivity index (χ1v) is 7.07. The molecule has 2 atom stereocenters. The SMILES string of the molecule is CNC1CCCC1CCSc1cnn(C)c1. The zero-order valence-electron chi connectivity index (χ0n) is 10.1. The van der Waals surface area contributed by atoms with Crippen LogP contribution in [0, 0.1) is 5.92 Å². The van der Waals surface area contributed by atoms with Crippen LogP contribution in [0.3, 0.4) is 0 Å². The molecule has 1 saturated carbocycles. The van der Waals surface area contributed by atoms with Gasteiger partial charge in [0.05, 0.1) is 6.20 Å². The Bertz CT molecular complexity index is 324. The molecule has 0 saturated heterocycles. The minimum Gasteiger partial charge on any atom is -0.317 e. The second-order valence-electron chi connectivity index (χ2n) is 4.57. The molecular formula is C12H21N3S. The molecule has 1 N–H and O–H groups in total. The number of aromatic nitrogens is 2. The monoisotopic (exact) mass is 239 g/mol. The van der Waals surface area contributed by atoms with Crippen LogP contribution in [0.5, 0.6) is 0 Å². The van der Waals surface area contributed by atoms with E-state index in [2.05, 4.69) is 23.7 Å². The standard InChI is InChI=1S/C12H21N3S/c1-13-12-5-3-4-10(12)6-7-16-11-8-14-15(2)9-11/h8-10,12-13H,3-7H2,1-2H3. The smallest absolute Gasteiger partial charge is 0.0625 e. The zero-order chi connectivity index (χ0) is 11.4. The number of thioether (sulfide) groups is 1. The van der Waals surface area contributed by atoms with Crippen LogP contribution in [0.15, 0.2) is 17.3 Å². The van der Waals surface area contributed by atoms with Gasteiger partial charge in [-0.05, 0) is 38.0 Å². The maximum atomic E-state index is 4.18. The largest absolute Gasteiger partial charge is 0.317 e. The highest BCUT2D eigenvalue weighted by molar-refractivity contribution is 7.99. The molecule has 0 aliphatic heterocycles. The van der Waals surface area contributed by atoms with Gasteiger partial charge in [0.2, 0.25) is 0 Å². The molecule has 1 aromatic rings. The maximum absolute atomic E-state index is 4.18. The molecule has 3 nitrogen and oxygen atoms in total. The van der Waals surface area contributed by atoms with Gasteiger partial charge in [0, 0.05) is 24.2 Å². The van der Waals surface area contributed by atoms with Crippen molar-refractivity contribution in [3.05, 3.63) is 12.4 Å². The highest BCUT2D eigenvalue weighted by Gasteiger charge is 2.25. The normalized spacial score (nSPS) is 25.1. The summed E-state index contributed by atoms with van der Waals surface area (Å²) >= 11 is 1.93. The molecule has 1 aliphatic rings. The van der Waals surface area contributed by atoms with Crippen LogP contribution in [-0.4, -0.2) is 28.6 Å². The molecule has 16 heavy (non-hydrogen) atoms. The Kier molecular flexibility index (Phi) is 4.29. The molecule has 0 spiro atoms. The highest BCUT2D eigenvalue weighted by atomic mass is 32.2. The molecule has 0 bridgehead atoms. The Hall–Kier alpha value is -0.480. The average molecular weight is 239 g/mol. The van der Waals surface area contributed by atoms with Crippen LogP contribution in [-0.2, 0) is 7.05 Å². The Balaban J connectivity index is 1.71. The zero-order valence-corrected chi connectivity index (χ0v) is 11.0. The van der Waals surface area contributed by atoms with E-state index in [0.29, 0.717) is 0 Å². The summed E-state index contributed by atoms with van der Waals surface area (Å²) in [6.45, 7) is 0. The Morgan fingerprint density at radius 2 is 2.44 bits per heavy atom. The third-order valence-electron chi connectivity index (χ3n) is 3.47. The molecule has 2 rings (SSSR count). The molecule has 0 aromatic carbocycles. The lowest BCUT2D eigenvalue weighted by atomic mass is 10.0. The van der Waals surface area contributed by atoms with Crippen molar-refractivity contribution >= 4 is 11.8 Å². The minimum atomic E-state index is 0.759. The first kappa shape index (κ1) is 12.0. The second-order valence-corrected chi connectivity index (χ2v) is 5.74. The van der Waals surface area contributed by atoms with E-state index in [9.17, 15) is 0 Å². The lowest BCUT2D eigenvalue weighted by Gasteiger charge is -2.18. The van der Waals surface area contributed by atoms with Crippen LogP contribution < -0.4 is 5.32 Å². The summed E-state index contributed by atoms with van der Waals surface area (Å²) in [7, 11) is 4.06. The van der Waals surface area contributed by atoms with Crippen LogP contribution >= 0.6 is 11.8 Å². The fourth-order valence-corrected chi connectivity index (χ4v) is 3.57. The summed E-state index contributed by atoms with van der Waals surface area (Å²) < 4.78 is 1.87. The Labute approximate surface area is 102 Å². The van der Waals surface area contributed by atoms with Crippen LogP contribution in [0.2, 0.25) is 0 Å². The van der Waals surface area contributed by atoms with E-state index in [-0.39, 0.29) is 0 Å². The molecule has 90 valence electrons. The van der Waals surface area contributed by atoms with E-state index in [1.807, 2.05) is 29.7 Å². The van der Waals surface area contributed by atoms with Crippen LogP contribution in [0.1, 0.15) is 25.7 Å². The van der Waals surface area contributed by atoms with Crippen molar-refractivity contribution in [1.82, 2.24) is 15.1 Å². The minimum absolute atomic E-state index is 0.759. The molecule has 0 radical (unpaired) electrons. The van der Waals surface area contributed by atoms with Gasteiger partial charge in [-0.25, -0.2) is 0 Å². The van der Waals surface area contributed by atoms with Gasteiger partial charge in [-0.1, -0.05) is 6.42 Å². The van der Waals surface area contributed by atoms with Crippen molar-refractivity contribution in [1.29, 1.82) is 0 Å². The van der Waals surface area contributed by atoms with Crippen LogP contribution in [0.25, 0.3) is 0 Å². The summed E-state index contributed by atoms with van der Waals surface area (Å²) in [6, 6.07) is 0.759. The molecular weight excluding hydrogens is 218 g/mol. The van der Waals surface area contributed by atoms with Crippen molar-refractivity contribution in [3.8, 4) is 0 Å². The first-order chi connectivity index (χ1) is 7.79. The number of hydrogen-bond donors (Lipinski definition) is 1. The predicted molar refractivity (Wildman–Crippen MR) is 68.7 cm³/mol. The summed E-state index contributed by atoms with van der Waals surface area (Å²) in [5.74, 6) is 2.10. The fourth-order valence-electron chi connectivity index (χ4n) is 2.56. The summed E-state index contributed by atoms with van der Waals surface area (Å²) in [4.78, 5) is 1.29. The van der Waals surface area contributed by atoms with Crippen molar-refractivity contribution in [2.45, 2.75) is 36.6 Å². The van der Waals surface area contributed by atoms with E-state index in [1.165, 1.54) is 36.3 Å². The average Bonchev–Trinajstić information content (AvgIpc) is 2.87. The quantitative estimate of drug-likeness (QED) is 0.800. The summed E-state index contributed by atoms with van der Waals surface area (Å²) in [5.41, 5.74) is 0. The maximum Gasteiger partial charge on any atom is 0.0625 e. The van der Waals surface area contributed by atoms with Crippen molar-refractivity contribution in [2.75, 3.05) is 12.8 Å². The molecule has 1 heterocycles. The lowest BCUT2D eigenvalue weighted by Crippen LogP contribution is -2.29. The molecule has 1 aliphatic carbocycles. The van der Waals surface area contributed by atoms with Gasteiger partial charge in [-0.3, -0.25) is 4.68 Å². The molecule has 1 fully saturated rings. The topological polar surface area (TPSA) is 29.9 Å². The number of aryl methyl sites for hydroxylation is 1. The van der Waals surface area contributed by atoms with Gasteiger partial charge in [0.1, 0.15) is 0 Å². The van der Waals surface area contributed by atoms with Gasteiger partial charge in [0.25, 0.3) is 0 Å². The highest BCUT2D eigenvalue weighted by Crippen LogP contribution is 2.30. The number of rotatable bonds is 5. The molecule has 2 unspecified atom stereocenters. The van der Waals surface area contributed by atoms with E-state index in [1.54, 1.807) is 0 Å². The second kappa shape index (κ2) is 5.73. The van der Waals surface area contributed by atoms with E-state index < -0.39 is 0 Å². The fraction of sp³-hybridized carbons (Fsp3) is 0.750. The van der Waals surface area contributed by atoms with Gasteiger partial charge >= 0.3 is 0 Å². The van der Waals surface area contributed by atoms with Crippen molar-refractivity contribution in [3.63, 3.8) is 0 Å². The van der Waals surface area contributed by atoms with Crippen molar-refractivity contribution in [2.24, 2.45) is 13.0 Å². The molecule has 1 aromatic heterocycles. The van der Waals surface area contributed by atoms with E-state index in [4.69, 9.17) is 0 Å². The number of hydrogen-bond acceptors (Lipinski definition) is 3. The Morgan fingerprint density at radius 3 is 3.12 bits per heavy atom. The molecule has 0 amide bonds. The van der Waals surface area contributed by atoms with Gasteiger partial charge in [0.15, 0.2) is 0 Å². The third-order valence-corrected chi connectivity index (χ3v) is 4.45. The van der Waals surface area contributed by atoms with Crippen LogP contribution in [0.4, 0.5) is 0 Å². The summed E-state index contributed by atoms with van der Waals surface area (Å²) in [6.07, 6.45) is 9.53. The lowest BCUT2D eigenvalue weighted by molar-refractivity contribution is 0.417. The third kappa shape index (κ3) is 3.01.